The van der Waals surface area contributed by atoms with Gasteiger partial charge in [0.1, 0.15) is 11.8 Å². The van der Waals surface area contributed by atoms with Gasteiger partial charge in [0.15, 0.2) is 5.65 Å². The molecule has 0 unspecified atom stereocenters. The van der Waals surface area contributed by atoms with Crippen LogP contribution in [-0.4, -0.2) is 15.2 Å². The summed E-state index contributed by atoms with van der Waals surface area (Å²) in [5.74, 6) is 0. The van der Waals surface area contributed by atoms with Gasteiger partial charge in [0.05, 0.1) is 0 Å². The number of H-pyrrole nitrogens is 1. The van der Waals surface area contributed by atoms with Crippen molar-refractivity contribution in [3.63, 3.8) is 0 Å². The molecule has 12 heavy (non-hydrogen) atoms. The number of hydrogen-bond acceptors (Lipinski definition) is 3. The minimum atomic E-state index is 0.397. The van der Waals surface area contributed by atoms with Gasteiger partial charge in [-0.1, -0.05) is 0 Å². The van der Waals surface area contributed by atoms with Crippen LogP contribution < -0.4 is 0 Å². The molecule has 0 saturated carbocycles. The Balaban J connectivity index is 2.80. The first-order valence-corrected chi connectivity index (χ1v) is 3.53. The van der Waals surface area contributed by atoms with E-state index in [1.807, 2.05) is 19.1 Å². The zero-order valence-corrected chi connectivity index (χ0v) is 6.50. The van der Waals surface area contributed by atoms with Gasteiger partial charge < -0.3 is 0 Å². The van der Waals surface area contributed by atoms with Crippen molar-refractivity contribution in [3.8, 4) is 6.07 Å². The maximum absolute atomic E-state index is 8.55. The lowest BCUT2D eigenvalue weighted by molar-refractivity contribution is 1.05. The molecule has 2 heterocycles. The van der Waals surface area contributed by atoms with Crippen LogP contribution in [0.2, 0.25) is 0 Å². The molecule has 0 atom stereocenters. The predicted octanol–water partition coefficient (Wildman–Crippen LogP) is 1.14. The molecular weight excluding hydrogens is 152 g/mol. The number of fused-ring (bicyclic) bond motifs is 1. The summed E-state index contributed by atoms with van der Waals surface area (Å²) in [4.78, 5) is 4.01. The van der Waals surface area contributed by atoms with E-state index in [1.165, 1.54) is 0 Å². The highest BCUT2D eigenvalue weighted by Gasteiger charge is 2.02. The molecule has 0 aliphatic heterocycles. The van der Waals surface area contributed by atoms with Crippen LogP contribution >= 0.6 is 0 Å². The van der Waals surface area contributed by atoms with Crippen LogP contribution in [0.5, 0.6) is 0 Å². The van der Waals surface area contributed by atoms with Crippen LogP contribution in [0.15, 0.2) is 12.1 Å². The highest BCUT2D eigenvalue weighted by atomic mass is 15.1. The standard InChI is InChI=1S/C8H6N4/c1-5-7-3-2-6(4-9)10-8(7)12-11-5/h2-3H,1H3,(H,10,11,12). The second-order valence-corrected chi connectivity index (χ2v) is 2.53. The van der Waals surface area contributed by atoms with Gasteiger partial charge in [-0.3, -0.25) is 5.10 Å². The minimum Gasteiger partial charge on any atom is -0.280 e. The van der Waals surface area contributed by atoms with Crippen LogP contribution in [0.4, 0.5) is 0 Å². The van der Waals surface area contributed by atoms with Crippen molar-refractivity contribution in [3.05, 3.63) is 23.5 Å². The summed E-state index contributed by atoms with van der Waals surface area (Å²) in [5, 5.41) is 16.3. The van der Waals surface area contributed by atoms with E-state index in [-0.39, 0.29) is 0 Å². The molecule has 2 aromatic heterocycles. The summed E-state index contributed by atoms with van der Waals surface area (Å²) in [6.07, 6.45) is 0. The van der Waals surface area contributed by atoms with Gasteiger partial charge in [-0.25, -0.2) is 4.98 Å². The molecule has 2 rings (SSSR count). The topological polar surface area (TPSA) is 65.4 Å². The highest BCUT2D eigenvalue weighted by molar-refractivity contribution is 5.77. The van der Waals surface area contributed by atoms with E-state index in [9.17, 15) is 0 Å². The zero-order chi connectivity index (χ0) is 8.55. The van der Waals surface area contributed by atoms with Crippen LogP contribution in [0, 0.1) is 18.3 Å². The molecule has 0 fully saturated rings. The van der Waals surface area contributed by atoms with E-state index in [0.29, 0.717) is 11.3 Å². The molecule has 1 N–H and O–H groups in total. The fourth-order valence-corrected chi connectivity index (χ4v) is 1.09. The van der Waals surface area contributed by atoms with E-state index in [2.05, 4.69) is 15.2 Å². The summed E-state index contributed by atoms with van der Waals surface area (Å²) in [5.41, 5.74) is 1.97. The van der Waals surface area contributed by atoms with Crippen molar-refractivity contribution in [2.75, 3.05) is 0 Å². The smallest absolute Gasteiger partial charge is 0.182 e. The summed E-state index contributed by atoms with van der Waals surface area (Å²) in [6, 6.07) is 5.50. The Labute approximate surface area is 68.9 Å². The van der Waals surface area contributed by atoms with Gasteiger partial charge >= 0.3 is 0 Å². The number of aryl methyl sites for hydroxylation is 1. The molecule has 0 aromatic carbocycles. The minimum absolute atomic E-state index is 0.397. The first kappa shape index (κ1) is 6.80. The van der Waals surface area contributed by atoms with Crippen molar-refractivity contribution >= 4 is 11.0 Å². The first-order valence-electron chi connectivity index (χ1n) is 3.53. The Morgan fingerprint density at radius 3 is 3.08 bits per heavy atom. The fourth-order valence-electron chi connectivity index (χ4n) is 1.09. The Bertz CT molecular complexity index is 463. The summed E-state index contributed by atoms with van der Waals surface area (Å²) >= 11 is 0. The quantitative estimate of drug-likeness (QED) is 0.625. The number of aromatic amines is 1. The molecule has 0 radical (unpaired) electrons. The summed E-state index contributed by atoms with van der Waals surface area (Å²) < 4.78 is 0. The van der Waals surface area contributed by atoms with E-state index in [1.54, 1.807) is 6.07 Å². The third-order valence-electron chi connectivity index (χ3n) is 1.72. The molecule has 58 valence electrons. The lowest BCUT2D eigenvalue weighted by atomic mass is 10.2. The van der Waals surface area contributed by atoms with E-state index in [0.717, 1.165) is 11.1 Å². The van der Waals surface area contributed by atoms with Gasteiger partial charge in [-0.15, -0.1) is 0 Å². The Hall–Kier alpha value is -1.89. The number of aromatic nitrogens is 3. The maximum Gasteiger partial charge on any atom is 0.182 e. The van der Waals surface area contributed by atoms with Crippen molar-refractivity contribution in [1.29, 1.82) is 5.26 Å². The number of hydrogen-bond donors (Lipinski definition) is 1. The van der Waals surface area contributed by atoms with Crippen molar-refractivity contribution in [2.45, 2.75) is 6.92 Å². The molecule has 4 heteroatoms. The first-order chi connectivity index (χ1) is 5.81. The van der Waals surface area contributed by atoms with Gasteiger partial charge in [0.2, 0.25) is 0 Å². The second-order valence-electron chi connectivity index (χ2n) is 2.53. The molecule has 0 spiro atoms. The lowest BCUT2D eigenvalue weighted by Gasteiger charge is -1.88. The average molecular weight is 158 g/mol. The van der Waals surface area contributed by atoms with Gasteiger partial charge in [0, 0.05) is 11.1 Å². The SMILES string of the molecule is Cc1[nH]nc2nc(C#N)ccc12. The number of nitrogens with one attached hydrogen (secondary N) is 1. The lowest BCUT2D eigenvalue weighted by Crippen LogP contribution is -1.82. The van der Waals surface area contributed by atoms with E-state index >= 15 is 0 Å². The molecule has 2 aromatic rings. The number of rotatable bonds is 0. The third kappa shape index (κ3) is 0.839. The van der Waals surface area contributed by atoms with E-state index in [4.69, 9.17) is 5.26 Å². The number of nitriles is 1. The number of nitrogens with zero attached hydrogens (tertiary/aromatic N) is 3. The Morgan fingerprint density at radius 1 is 1.50 bits per heavy atom. The Morgan fingerprint density at radius 2 is 2.33 bits per heavy atom. The molecule has 4 nitrogen and oxygen atoms in total. The molecular formula is C8H6N4. The van der Waals surface area contributed by atoms with Crippen molar-refractivity contribution in [1.82, 2.24) is 15.2 Å². The summed E-state index contributed by atoms with van der Waals surface area (Å²) in [7, 11) is 0. The molecule has 0 aliphatic rings. The van der Waals surface area contributed by atoms with Crippen molar-refractivity contribution < 1.29 is 0 Å². The summed E-state index contributed by atoms with van der Waals surface area (Å²) in [6.45, 7) is 1.92. The molecule has 0 aliphatic carbocycles. The fraction of sp³-hybridized carbons (Fsp3) is 0.125. The van der Waals surface area contributed by atoms with Crippen LogP contribution in [0.1, 0.15) is 11.4 Å². The molecule has 0 amide bonds. The molecule has 0 saturated heterocycles. The average Bonchev–Trinajstić information content (AvgIpc) is 2.47. The maximum atomic E-state index is 8.55. The number of pyridine rings is 1. The van der Waals surface area contributed by atoms with Crippen LogP contribution in [0.25, 0.3) is 11.0 Å². The largest absolute Gasteiger partial charge is 0.280 e. The molecule has 0 bridgehead atoms. The van der Waals surface area contributed by atoms with Crippen LogP contribution in [0.3, 0.4) is 0 Å². The third-order valence-corrected chi connectivity index (χ3v) is 1.72. The second kappa shape index (κ2) is 2.31. The van der Waals surface area contributed by atoms with Gasteiger partial charge in [0.25, 0.3) is 0 Å². The Kier molecular flexibility index (Phi) is 1.31. The van der Waals surface area contributed by atoms with Gasteiger partial charge in [-0.05, 0) is 19.1 Å². The van der Waals surface area contributed by atoms with Crippen molar-refractivity contribution in [2.24, 2.45) is 0 Å². The monoisotopic (exact) mass is 158 g/mol. The van der Waals surface area contributed by atoms with E-state index < -0.39 is 0 Å². The van der Waals surface area contributed by atoms with Crippen LogP contribution in [-0.2, 0) is 0 Å². The normalized spacial score (nSPS) is 10.0. The van der Waals surface area contributed by atoms with Gasteiger partial charge in [-0.2, -0.15) is 10.4 Å². The zero-order valence-electron chi connectivity index (χ0n) is 6.50. The highest BCUT2D eigenvalue weighted by Crippen LogP contribution is 2.12. The predicted molar refractivity (Wildman–Crippen MR) is 43.3 cm³/mol.